The van der Waals surface area contributed by atoms with E-state index in [-0.39, 0.29) is 11.3 Å². The molecule has 0 unspecified atom stereocenters. The van der Waals surface area contributed by atoms with Gasteiger partial charge in [0.1, 0.15) is 16.7 Å². The molecule has 0 bridgehead atoms. The average Bonchev–Trinajstić information content (AvgIpc) is 2.93. The summed E-state index contributed by atoms with van der Waals surface area (Å²) in [6.45, 7) is 1.58. The number of allylic oxidation sites excluding steroid dienone is 1. The van der Waals surface area contributed by atoms with E-state index in [2.05, 4.69) is 5.32 Å². The van der Waals surface area contributed by atoms with Crippen LogP contribution in [0.25, 0.3) is 0 Å². The van der Waals surface area contributed by atoms with Crippen LogP contribution in [-0.4, -0.2) is 36.0 Å². The number of hydrogen-bond donors (Lipinski definition) is 1. The predicted molar refractivity (Wildman–Crippen MR) is 69.1 cm³/mol. The lowest BCUT2D eigenvalue weighted by molar-refractivity contribution is -0.402. The monoisotopic (exact) mass is 295 g/mol. The molecule has 9 heteroatoms. The normalized spacial score (nSPS) is 18.5. The molecule has 21 heavy (non-hydrogen) atoms. The summed E-state index contributed by atoms with van der Waals surface area (Å²) < 4.78 is 9.77. The van der Waals surface area contributed by atoms with Gasteiger partial charge in [-0.15, -0.1) is 0 Å². The highest BCUT2D eigenvalue weighted by Crippen LogP contribution is 2.32. The molecule has 0 saturated carbocycles. The fourth-order valence-corrected chi connectivity index (χ4v) is 2.02. The topological polar surface area (TPSA) is 115 Å². The second-order valence-corrected chi connectivity index (χ2v) is 4.37. The second-order valence-electron chi connectivity index (χ2n) is 4.37. The first-order valence-corrected chi connectivity index (χ1v) is 5.94. The molecule has 0 aromatic carbocycles. The molecule has 1 atom stereocenters. The molecule has 0 spiro atoms. The van der Waals surface area contributed by atoms with Crippen molar-refractivity contribution in [2.24, 2.45) is 0 Å². The molecule has 0 aliphatic carbocycles. The number of hydrogen-bond acceptors (Lipinski definition) is 6. The number of nitrogens with one attached hydrogen (secondary N) is 1. The molecule has 9 nitrogen and oxygen atoms in total. The van der Waals surface area contributed by atoms with E-state index in [4.69, 9.17) is 9.15 Å². The van der Waals surface area contributed by atoms with Gasteiger partial charge in [0, 0.05) is 12.7 Å². The average molecular weight is 295 g/mol. The van der Waals surface area contributed by atoms with Gasteiger partial charge in [-0.2, -0.15) is 0 Å². The Morgan fingerprint density at radius 2 is 2.19 bits per heavy atom. The first-order valence-electron chi connectivity index (χ1n) is 5.94. The molecule has 1 aliphatic heterocycles. The summed E-state index contributed by atoms with van der Waals surface area (Å²) in [5.41, 5.74) is 0.540. The van der Waals surface area contributed by atoms with Crippen LogP contribution < -0.4 is 5.32 Å². The molecule has 2 amide bonds. The van der Waals surface area contributed by atoms with Crippen molar-refractivity contribution in [3.05, 3.63) is 39.3 Å². The fourth-order valence-electron chi connectivity index (χ4n) is 2.02. The van der Waals surface area contributed by atoms with E-state index in [9.17, 15) is 19.7 Å². The van der Waals surface area contributed by atoms with Crippen LogP contribution in [0, 0.1) is 10.1 Å². The summed E-state index contributed by atoms with van der Waals surface area (Å²) in [5.74, 6) is -1.04. The van der Waals surface area contributed by atoms with E-state index in [1.54, 1.807) is 6.92 Å². The number of carbonyl (C=O) groups is 2. The number of methoxy groups -OCH3 is 1. The largest absolute Gasteiger partial charge is 0.466 e. The van der Waals surface area contributed by atoms with Crippen LogP contribution in [0.3, 0.4) is 0 Å². The molecule has 112 valence electrons. The van der Waals surface area contributed by atoms with Crippen molar-refractivity contribution >= 4 is 17.9 Å². The van der Waals surface area contributed by atoms with Crippen molar-refractivity contribution in [2.45, 2.75) is 13.0 Å². The van der Waals surface area contributed by atoms with Gasteiger partial charge in [0.25, 0.3) is 0 Å². The lowest BCUT2D eigenvalue weighted by Crippen LogP contribution is -2.46. The van der Waals surface area contributed by atoms with Crippen LogP contribution in [-0.2, 0) is 9.53 Å². The number of urea groups is 1. The first kappa shape index (κ1) is 14.6. The Kier molecular flexibility index (Phi) is 3.66. The van der Waals surface area contributed by atoms with Crippen LogP contribution in [0.5, 0.6) is 0 Å². The van der Waals surface area contributed by atoms with Gasteiger partial charge in [0.05, 0.1) is 18.7 Å². The number of amides is 2. The van der Waals surface area contributed by atoms with E-state index < -0.39 is 28.8 Å². The lowest BCUT2D eigenvalue weighted by Gasteiger charge is -2.31. The van der Waals surface area contributed by atoms with Crippen LogP contribution in [0.2, 0.25) is 0 Å². The molecule has 1 aromatic rings. The maximum atomic E-state index is 11.9. The van der Waals surface area contributed by atoms with E-state index >= 15 is 0 Å². The van der Waals surface area contributed by atoms with Crippen LogP contribution in [0.1, 0.15) is 18.7 Å². The van der Waals surface area contributed by atoms with Gasteiger partial charge in [-0.1, -0.05) is 0 Å². The third-order valence-corrected chi connectivity index (χ3v) is 3.24. The van der Waals surface area contributed by atoms with Crippen LogP contribution in [0.4, 0.5) is 10.7 Å². The van der Waals surface area contributed by atoms with Crippen LogP contribution >= 0.6 is 0 Å². The number of ether oxygens (including phenoxy) is 1. The molecule has 2 heterocycles. The first-order chi connectivity index (χ1) is 9.86. The lowest BCUT2D eigenvalue weighted by atomic mass is 10.0. The standard InChI is InChI=1S/C12H13N3O6/c1-6-9(11(16)20-3)10(13-12(17)14(6)2)7-4-5-8(21-7)15(18)19/h4-5,10H,1-3H3,(H,13,17)/t10-/m1/s1. The Bertz CT molecular complexity index is 647. The third kappa shape index (κ3) is 2.45. The van der Waals surface area contributed by atoms with Crippen molar-refractivity contribution in [1.29, 1.82) is 0 Å². The number of nitro groups is 1. The van der Waals surface area contributed by atoms with Gasteiger partial charge in [-0.3, -0.25) is 10.1 Å². The molecule has 1 aliphatic rings. The minimum Gasteiger partial charge on any atom is -0.466 e. The van der Waals surface area contributed by atoms with Crippen molar-refractivity contribution in [1.82, 2.24) is 10.2 Å². The smallest absolute Gasteiger partial charge is 0.433 e. The Morgan fingerprint density at radius 3 is 2.71 bits per heavy atom. The van der Waals surface area contributed by atoms with Gasteiger partial charge in [-0.25, -0.2) is 9.59 Å². The third-order valence-electron chi connectivity index (χ3n) is 3.24. The van der Waals surface area contributed by atoms with Gasteiger partial charge < -0.3 is 19.4 Å². The summed E-state index contributed by atoms with van der Waals surface area (Å²) in [6, 6.07) is 1.10. The maximum absolute atomic E-state index is 11.9. The quantitative estimate of drug-likeness (QED) is 0.511. The molecular weight excluding hydrogens is 282 g/mol. The Hall–Kier alpha value is -2.84. The highest BCUT2D eigenvalue weighted by atomic mass is 16.6. The number of rotatable bonds is 3. The summed E-state index contributed by atoms with van der Waals surface area (Å²) in [5, 5.41) is 13.2. The van der Waals surface area contributed by atoms with Gasteiger partial charge in [0.2, 0.25) is 0 Å². The number of furan rings is 1. The minimum absolute atomic E-state index is 0.0860. The molecule has 2 rings (SSSR count). The molecule has 0 fully saturated rings. The molecule has 1 aromatic heterocycles. The molecule has 1 N–H and O–H groups in total. The summed E-state index contributed by atoms with van der Waals surface area (Å²) in [6.07, 6.45) is 0. The Labute approximate surface area is 119 Å². The number of esters is 1. The minimum atomic E-state index is -0.935. The maximum Gasteiger partial charge on any atom is 0.433 e. The predicted octanol–water partition coefficient (Wildman–Crippen LogP) is 1.33. The zero-order chi connectivity index (χ0) is 15.7. The van der Waals surface area contributed by atoms with Gasteiger partial charge in [0.15, 0.2) is 0 Å². The highest BCUT2D eigenvalue weighted by molar-refractivity contribution is 5.94. The summed E-state index contributed by atoms with van der Waals surface area (Å²) >= 11 is 0. The van der Waals surface area contributed by atoms with Gasteiger partial charge in [-0.05, 0) is 13.0 Å². The fraction of sp³-hybridized carbons (Fsp3) is 0.333. The molecule has 0 radical (unpaired) electrons. The number of carbonyl (C=O) groups excluding carboxylic acids is 2. The Morgan fingerprint density at radius 1 is 1.52 bits per heavy atom. The SMILES string of the molecule is COC(=O)C1=C(C)N(C)C(=O)N[C@@H]1c1ccc([N+](=O)[O-])o1. The number of nitrogens with zero attached hydrogens (tertiary/aromatic N) is 2. The van der Waals surface area contributed by atoms with Crippen molar-refractivity contribution in [2.75, 3.05) is 14.2 Å². The van der Waals surface area contributed by atoms with Crippen LogP contribution in [0.15, 0.2) is 27.8 Å². The highest BCUT2D eigenvalue weighted by Gasteiger charge is 2.37. The zero-order valence-corrected chi connectivity index (χ0v) is 11.6. The Balaban J connectivity index is 2.50. The molecular formula is C12H13N3O6. The van der Waals surface area contributed by atoms with Crippen molar-refractivity contribution < 1.29 is 23.7 Å². The summed E-state index contributed by atoms with van der Waals surface area (Å²) in [7, 11) is 2.70. The second kappa shape index (κ2) is 5.27. The summed E-state index contributed by atoms with van der Waals surface area (Å²) in [4.78, 5) is 35.0. The zero-order valence-electron chi connectivity index (χ0n) is 11.6. The van der Waals surface area contributed by atoms with E-state index in [0.717, 1.165) is 6.07 Å². The van der Waals surface area contributed by atoms with Gasteiger partial charge >= 0.3 is 17.9 Å². The van der Waals surface area contributed by atoms with Crippen molar-refractivity contribution in [3.8, 4) is 0 Å². The van der Waals surface area contributed by atoms with E-state index in [1.165, 1.54) is 25.1 Å². The van der Waals surface area contributed by atoms with E-state index in [0.29, 0.717) is 5.70 Å². The molecule has 0 saturated heterocycles. The van der Waals surface area contributed by atoms with Crippen molar-refractivity contribution in [3.63, 3.8) is 0 Å². The van der Waals surface area contributed by atoms with E-state index in [1.807, 2.05) is 0 Å².